The van der Waals surface area contributed by atoms with Gasteiger partial charge in [-0.25, -0.2) is 0 Å². The molecule has 0 heteroatoms. The molecule has 0 amide bonds. The van der Waals surface area contributed by atoms with Gasteiger partial charge in [0.2, 0.25) is 0 Å². The van der Waals surface area contributed by atoms with Crippen LogP contribution in [0.3, 0.4) is 0 Å². The normalized spacial score (nSPS) is 54.2. The van der Waals surface area contributed by atoms with Crippen LogP contribution in [-0.4, -0.2) is 0 Å². The van der Waals surface area contributed by atoms with Gasteiger partial charge in [0.1, 0.15) is 0 Å². The molecule has 0 aromatic rings. The van der Waals surface area contributed by atoms with Gasteiger partial charge >= 0.3 is 0 Å². The molecule has 7 atom stereocenters. The molecule has 0 nitrogen and oxygen atoms in total. The van der Waals surface area contributed by atoms with Crippen molar-refractivity contribution < 1.29 is 0 Å². The minimum Gasteiger partial charge on any atom is -0.0845 e. The summed E-state index contributed by atoms with van der Waals surface area (Å²) in [6, 6.07) is 0. The lowest BCUT2D eigenvalue weighted by Gasteiger charge is -2.62. The first-order chi connectivity index (χ1) is 10.5. The van der Waals surface area contributed by atoms with Crippen LogP contribution in [-0.2, 0) is 0 Å². The first-order valence-corrected chi connectivity index (χ1v) is 10.2. The van der Waals surface area contributed by atoms with Gasteiger partial charge in [0.05, 0.1) is 0 Å². The minimum atomic E-state index is 0.566. The van der Waals surface area contributed by atoms with Crippen LogP contribution in [0.25, 0.3) is 0 Å². The highest BCUT2D eigenvalue weighted by molar-refractivity contribution is 5.25. The maximum absolute atomic E-state index is 2.71. The van der Waals surface area contributed by atoms with Gasteiger partial charge in [-0.2, -0.15) is 0 Å². The van der Waals surface area contributed by atoms with Crippen molar-refractivity contribution in [1.82, 2.24) is 0 Å². The van der Waals surface area contributed by atoms with E-state index >= 15 is 0 Å². The summed E-state index contributed by atoms with van der Waals surface area (Å²) in [5.41, 5.74) is 3.04. The SMILES string of the molecule is CCC1=CC[C@H]2[C@@H]3CCC4CCCC(C)[C@]4(C)[C@H]3CC[C@]12C. The molecular formula is C22H36. The van der Waals surface area contributed by atoms with E-state index in [1.54, 1.807) is 12.0 Å². The van der Waals surface area contributed by atoms with Gasteiger partial charge < -0.3 is 0 Å². The molecule has 3 fully saturated rings. The van der Waals surface area contributed by atoms with Gasteiger partial charge in [0, 0.05) is 0 Å². The van der Waals surface area contributed by atoms with E-state index in [1.807, 2.05) is 0 Å². The van der Waals surface area contributed by atoms with Gasteiger partial charge in [0.15, 0.2) is 0 Å². The van der Waals surface area contributed by atoms with Crippen LogP contribution >= 0.6 is 0 Å². The van der Waals surface area contributed by atoms with Crippen LogP contribution in [0, 0.1) is 40.4 Å². The second kappa shape index (κ2) is 5.12. The standard InChI is InChI=1S/C22H36/c1-5-16-10-12-19-18-11-9-17-8-6-7-15(2)22(17,4)20(18)13-14-21(16,19)3/h10,15,17-20H,5-9,11-14H2,1-4H3/t15?,17?,18-,19-,20-,21+,22-/m0/s1. The number of hydrogen-bond acceptors (Lipinski definition) is 0. The third kappa shape index (κ3) is 1.82. The van der Waals surface area contributed by atoms with Gasteiger partial charge in [-0.3, -0.25) is 0 Å². The van der Waals surface area contributed by atoms with E-state index in [2.05, 4.69) is 33.8 Å². The minimum absolute atomic E-state index is 0.566. The number of rotatable bonds is 1. The molecule has 0 bridgehead atoms. The van der Waals surface area contributed by atoms with Crippen molar-refractivity contribution in [2.45, 2.75) is 85.5 Å². The van der Waals surface area contributed by atoms with Crippen molar-refractivity contribution in [2.24, 2.45) is 40.4 Å². The van der Waals surface area contributed by atoms with Crippen LogP contribution in [0.5, 0.6) is 0 Å². The van der Waals surface area contributed by atoms with Crippen molar-refractivity contribution in [2.75, 3.05) is 0 Å². The lowest BCUT2D eigenvalue weighted by atomic mass is 9.43. The number of fused-ring (bicyclic) bond motifs is 5. The summed E-state index contributed by atoms with van der Waals surface area (Å²) in [6.45, 7) is 10.3. The summed E-state index contributed by atoms with van der Waals surface area (Å²) < 4.78 is 0. The Balaban J connectivity index is 1.66. The van der Waals surface area contributed by atoms with Crippen LogP contribution in [0.1, 0.15) is 85.5 Å². The highest BCUT2D eigenvalue weighted by Gasteiger charge is 2.59. The molecule has 0 N–H and O–H groups in total. The summed E-state index contributed by atoms with van der Waals surface area (Å²) in [5.74, 6) is 5.04. The Morgan fingerprint density at radius 2 is 1.86 bits per heavy atom. The first kappa shape index (κ1) is 15.3. The van der Waals surface area contributed by atoms with E-state index in [0.717, 1.165) is 29.6 Å². The van der Waals surface area contributed by atoms with Crippen molar-refractivity contribution in [3.8, 4) is 0 Å². The van der Waals surface area contributed by atoms with Crippen molar-refractivity contribution in [1.29, 1.82) is 0 Å². The van der Waals surface area contributed by atoms with Crippen LogP contribution in [0.15, 0.2) is 11.6 Å². The van der Waals surface area contributed by atoms with Gasteiger partial charge in [-0.1, -0.05) is 52.2 Å². The van der Waals surface area contributed by atoms with Gasteiger partial charge in [-0.15, -0.1) is 0 Å². The Labute approximate surface area is 138 Å². The molecule has 0 aromatic heterocycles. The highest BCUT2D eigenvalue weighted by Crippen LogP contribution is 2.67. The molecule has 4 aliphatic carbocycles. The smallest absolute Gasteiger partial charge is 0.00824 e. The van der Waals surface area contributed by atoms with Crippen molar-refractivity contribution >= 4 is 0 Å². The molecule has 124 valence electrons. The topological polar surface area (TPSA) is 0 Å². The lowest BCUT2D eigenvalue weighted by Crippen LogP contribution is -2.55. The number of hydrogen-bond donors (Lipinski definition) is 0. The van der Waals surface area contributed by atoms with Crippen LogP contribution in [0.4, 0.5) is 0 Å². The molecule has 0 aromatic carbocycles. The molecule has 4 aliphatic rings. The third-order valence-corrected chi connectivity index (χ3v) is 9.34. The highest BCUT2D eigenvalue weighted by atomic mass is 14.6. The number of allylic oxidation sites excluding steroid dienone is 2. The summed E-state index contributed by atoms with van der Waals surface area (Å²) in [5, 5.41) is 0. The fourth-order valence-corrected chi connectivity index (χ4v) is 7.88. The predicted molar refractivity (Wildman–Crippen MR) is 94.6 cm³/mol. The zero-order valence-corrected chi connectivity index (χ0v) is 15.3. The third-order valence-electron chi connectivity index (χ3n) is 9.34. The van der Waals surface area contributed by atoms with Crippen LogP contribution < -0.4 is 0 Å². The van der Waals surface area contributed by atoms with E-state index in [1.165, 1.54) is 51.4 Å². The molecule has 0 aliphatic heterocycles. The maximum atomic E-state index is 2.71. The van der Waals surface area contributed by atoms with Gasteiger partial charge in [0.25, 0.3) is 0 Å². The molecular weight excluding hydrogens is 264 g/mol. The van der Waals surface area contributed by atoms with Crippen molar-refractivity contribution in [3.63, 3.8) is 0 Å². The maximum Gasteiger partial charge on any atom is -0.00824 e. The average molecular weight is 301 g/mol. The van der Waals surface area contributed by atoms with Gasteiger partial charge in [-0.05, 0) is 85.4 Å². The average Bonchev–Trinajstić information content (AvgIpc) is 2.85. The molecule has 22 heavy (non-hydrogen) atoms. The summed E-state index contributed by atoms with van der Waals surface area (Å²) in [7, 11) is 0. The summed E-state index contributed by atoms with van der Waals surface area (Å²) >= 11 is 0. The fourth-order valence-electron chi connectivity index (χ4n) is 7.88. The summed E-state index contributed by atoms with van der Waals surface area (Å²) in [4.78, 5) is 0. The second-order valence-electron chi connectivity index (χ2n) is 9.62. The van der Waals surface area contributed by atoms with Crippen LogP contribution in [0.2, 0.25) is 0 Å². The molecule has 0 saturated heterocycles. The fraction of sp³-hybridized carbons (Fsp3) is 0.909. The zero-order chi connectivity index (χ0) is 15.5. The monoisotopic (exact) mass is 300 g/mol. The Hall–Kier alpha value is -0.260. The van der Waals surface area contributed by atoms with E-state index in [9.17, 15) is 0 Å². The van der Waals surface area contributed by atoms with Crippen molar-refractivity contribution in [3.05, 3.63) is 11.6 Å². The quantitative estimate of drug-likeness (QED) is 0.478. The Morgan fingerprint density at radius 3 is 2.64 bits per heavy atom. The molecule has 0 heterocycles. The zero-order valence-electron chi connectivity index (χ0n) is 15.3. The Kier molecular flexibility index (Phi) is 3.55. The second-order valence-corrected chi connectivity index (χ2v) is 9.62. The first-order valence-electron chi connectivity index (χ1n) is 10.2. The molecule has 3 saturated carbocycles. The molecule has 4 rings (SSSR count). The van der Waals surface area contributed by atoms with E-state index in [-0.39, 0.29) is 0 Å². The molecule has 2 unspecified atom stereocenters. The largest absolute Gasteiger partial charge is 0.0845 e. The van der Waals surface area contributed by atoms with E-state index < -0.39 is 0 Å². The van der Waals surface area contributed by atoms with E-state index in [0.29, 0.717) is 10.8 Å². The Bertz CT molecular complexity index is 474. The predicted octanol–water partition coefficient (Wildman–Crippen LogP) is 6.61. The molecule has 0 spiro atoms. The Morgan fingerprint density at radius 1 is 1.05 bits per heavy atom. The van der Waals surface area contributed by atoms with E-state index in [4.69, 9.17) is 0 Å². The molecule has 0 radical (unpaired) electrons. The summed E-state index contributed by atoms with van der Waals surface area (Å²) in [6.07, 6.45) is 15.9. The lowest BCUT2D eigenvalue weighted by molar-refractivity contribution is -0.125.